The number of hydrogen-bond acceptors (Lipinski definition) is 5. The van der Waals surface area contributed by atoms with Gasteiger partial charge in [-0.25, -0.2) is 9.07 Å². The van der Waals surface area contributed by atoms with Crippen molar-refractivity contribution in [3.8, 4) is 23.0 Å². The Balaban J connectivity index is 1.43. The second-order valence-corrected chi connectivity index (χ2v) is 9.37. The minimum absolute atomic E-state index is 0.125. The minimum Gasteiger partial charge on any atom is -0.481 e. The second kappa shape index (κ2) is 9.24. The third-order valence-electron chi connectivity index (χ3n) is 6.38. The van der Waals surface area contributed by atoms with Crippen LogP contribution in [0.1, 0.15) is 43.1 Å². The van der Waals surface area contributed by atoms with Crippen molar-refractivity contribution in [1.82, 2.24) is 29.3 Å². The van der Waals surface area contributed by atoms with Crippen molar-refractivity contribution in [2.45, 2.75) is 52.5 Å². The molecule has 12 heteroatoms. The fourth-order valence-corrected chi connectivity index (χ4v) is 4.65. The first-order valence-corrected chi connectivity index (χ1v) is 11.9. The summed E-state index contributed by atoms with van der Waals surface area (Å²) in [7, 11) is 1.21. The summed E-state index contributed by atoms with van der Waals surface area (Å²) in [4.78, 5) is 2.12. The number of fused-ring (bicyclic) bond motifs is 1. The molecule has 4 heterocycles. The number of methoxy groups -OCH3 is 1. The van der Waals surface area contributed by atoms with Crippen LogP contribution in [-0.4, -0.2) is 43.0 Å². The van der Waals surface area contributed by atoms with Gasteiger partial charge in [-0.1, -0.05) is 6.07 Å². The van der Waals surface area contributed by atoms with Gasteiger partial charge in [0.15, 0.2) is 5.69 Å². The monoisotopic (exact) mass is 517 g/mol. The molecule has 37 heavy (non-hydrogen) atoms. The summed E-state index contributed by atoms with van der Waals surface area (Å²) in [6.07, 6.45) is -1.96. The molecule has 0 N–H and O–H groups in total. The molecule has 196 valence electrons. The third kappa shape index (κ3) is 4.56. The van der Waals surface area contributed by atoms with E-state index in [9.17, 15) is 13.2 Å². The number of alkyl halides is 3. The Morgan fingerprint density at radius 1 is 1.08 bits per heavy atom. The van der Waals surface area contributed by atoms with E-state index in [1.807, 2.05) is 28.6 Å². The largest absolute Gasteiger partial charge is 0.481 e. The molecule has 0 aliphatic carbocycles. The highest BCUT2D eigenvalue weighted by molar-refractivity contribution is 5.64. The second-order valence-electron chi connectivity index (χ2n) is 9.37. The highest BCUT2D eigenvalue weighted by Gasteiger charge is 2.36. The summed E-state index contributed by atoms with van der Waals surface area (Å²) in [6.45, 7) is 8.09. The zero-order valence-electron chi connectivity index (χ0n) is 20.9. The van der Waals surface area contributed by atoms with Crippen LogP contribution in [-0.2, 0) is 19.3 Å². The van der Waals surface area contributed by atoms with E-state index in [4.69, 9.17) is 9.84 Å². The molecule has 0 bridgehead atoms. The molecule has 0 unspecified atom stereocenters. The summed E-state index contributed by atoms with van der Waals surface area (Å²) >= 11 is 0. The highest BCUT2D eigenvalue weighted by atomic mass is 19.4. The van der Waals surface area contributed by atoms with Gasteiger partial charge in [0, 0.05) is 37.8 Å². The first-order chi connectivity index (χ1) is 17.6. The molecule has 0 radical (unpaired) electrons. The normalized spacial score (nSPS) is 13.9. The molecule has 0 saturated carbocycles. The third-order valence-corrected chi connectivity index (χ3v) is 6.38. The molecular formula is C25H27F4N7O. The zero-order chi connectivity index (χ0) is 26.5. The Hall–Kier alpha value is -3.83. The standard InChI is InChI=1S/C25H27F4N7O/c1-15(2)35-24(16(3)13-30-35)19-11-22-33(8-5-9-34(22)31-19)14-17-6-7-20(18(26)10-17)36-23(37-4)12-21(32-36)25(27,28)29/h6-7,10-13,15H,5,8-9,14H2,1-4H3. The van der Waals surface area contributed by atoms with E-state index in [1.165, 1.54) is 19.2 Å². The lowest BCUT2D eigenvalue weighted by atomic mass is 10.1. The molecule has 0 fully saturated rings. The van der Waals surface area contributed by atoms with Crippen molar-refractivity contribution in [1.29, 1.82) is 0 Å². The van der Waals surface area contributed by atoms with Crippen LogP contribution in [0.15, 0.2) is 36.5 Å². The van der Waals surface area contributed by atoms with Gasteiger partial charge < -0.3 is 9.64 Å². The molecule has 5 rings (SSSR count). The number of ether oxygens (including phenoxy) is 1. The van der Waals surface area contributed by atoms with Crippen molar-refractivity contribution in [3.05, 3.63) is 59.2 Å². The lowest BCUT2D eigenvalue weighted by Gasteiger charge is -2.29. The Morgan fingerprint density at radius 2 is 1.86 bits per heavy atom. The van der Waals surface area contributed by atoms with Crippen LogP contribution in [0.25, 0.3) is 17.1 Å². The van der Waals surface area contributed by atoms with E-state index in [2.05, 4.69) is 28.9 Å². The lowest BCUT2D eigenvalue weighted by molar-refractivity contribution is -0.141. The van der Waals surface area contributed by atoms with Gasteiger partial charge in [-0.15, -0.1) is 0 Å². The number of anilines is 1. The first-order valence-electron chi connectivity index (χ1n) is 11.9. The summed E-state index contributed by atoms with van der Waals surface area (Å²) in [5.74, 6) is 0.0165. The fourth-order valence-electron chi connectivity index (χ4n) is 4.65. The van der Waals surface area contributed by atoms with Crippen LogP contribution >= 0.6 is 0 Å². The highest BCUT2D eigenvalue weighted by Crippen LogP contribution is 2.34. The first kappa shape index (κ1) is 24.8. The molecule has 1 aliphatic rings. The Labute approximate surface area is 211 Å². The van der Waals surface area contributed by atoms with Crippen LogP contribution in [0, 0.1) is 12.7 Å². The van der Waals surface area contributed by atoms with E-state index in [-0.39, 0.29) is 17.6 Å². The van der Waals surface area contributed by atoms with Gasteiger partial charge in [0.05, 0.1) is 19.0 Å². The van der Waals surface area contributed by atoms with Gasteiger partial charge in [0.2, 0.25) is 5.88 Å². The van der Waals surface area contributed by atoms with Gasteiger partial charge in [-0.3, -0.25) is 4.68 Å². The van der Waals surface area contributed by atoms with E-state index < -0.39 is 17.7 Å². The average Bonchev–Trinajstić information content (AvgIpc) is 3.55. The maximum Gasteiger partial charge on any atom is 0.435 e. The van der Waals surface area contributed by atoms with Crippen LogP contribution in [0.5, 0.6) is 5.88 Å². The number of hydrogen-bond donors (Lipinski definition) is 0. The van der Waals surface area contributed by atoms with Gasteiger partial charge in [0.25, 0.3) is 0 Å². The fraction of sp³-hybridized carbons (Fsp3) is 0.400. The maximum absolute atomic E-state index is 15.1. The number of benzene rings is 1. The van der Waals surface area contributed by atoms with Crippen molar-refractivity contribution >= 4 is 5.82 Å². The van der Waals surface area contributed by atoms with Crippen molar-refractivity contribution in [2.75, 3.05) is 18.6 Å². The van der Waals surface area contributed by atoms with Crippen LogP contribution in [0.3, 0.4) is 0 Å². The topological polar surface area (TPSA) is 65.9 Å². The van der Waals surface area contributed by atoms with Gasteiger partial charge in [-0.05, 0) is 50.5 Å². The lowest BCUT2D eigenvalue weighted by Crippen LogP contribution is -2.31. The molecule has 1 aliphatic heterocycles. The summed E-state index contributed by atoms with van der Waals surface area (Å²) in [5.41, 5.74) is 2.23. The molecule has 0 saturated heterocycles. The van der Waals surface area contributed by atoms with Crippen molar-refractivity contribution < 1.29 is 22.3 Å². The summed E-state index contributed by atoms with van der Waals surface area (Å²) < 4.78 is 64.2. The molecule has 4 aromatic rings. The van der Waals surface area contributed by atoms with E-state index >= 15 is 4.39 Å². The van der Waals surface area contributed by atoms with Gasteiger partial charge in [-0.2, -0.15) is 33.1 Å². The molecule has 0 atom stereocenters. The van der Waals surface area contributed by atoms with Gasteiger partial charge in [0.1, 0.15) is 23.0 Å². The minimum atomic E-state index is -4.67. The predicted octanol–water partition coefficient (Wildman–Crippen LogP) is 5.40. The van der Waals surface area contributed by atoms with E-state index in [1.54, 1.807) is 6.07 Å². The molecule has 0 spiro atoms. The summed E-state index contributed by atoms with van der Waals surface area (Å²) in [5, 5.41) is 12.8. The number of rotatable bonds is 6. The molecule has 8 nitrogen and oxygen atoms in total. The van der Waals surface area contributed by atoms with Gasteiger partial charge >= 0.3 is 6.18 Å². The average molecular weight is 518 g/mol. The van der Waals surface area contributed by atoms with Crippen LogP contribution in [0.2, 0.25) is 0 Å². The summed E-state index contributed by atoms with van der Waals surface area (Å²) in [6, 6.07) is 7.37. The molecule has 3 aromatic heterocycles. The zero-order valence-corrected chi connectivity index (χ0v) is 20.9. The SMILES string of the molecule is COc1cc(C(F)(F)F)nn1-c1ccc(CN2CCCn3nc(-c4c(C)cnn4C(C)C)cc32)cc1F. The van der Waals surface area contributed by atoms with Crippen molar-refractivity contribution in [3.63, 3.8) is 0 Å². The quantitative estimate of drug-likeness (QED) is 0.321. The number of halogens is 4. The van der Waals surface area contributed by atoms with E-state index in [0.717, 1.165) is 53.0 Å². The van der Waals surface area contributed by atoms with Crippen LogP contribution in [0.4, 0.5) is 23.4 Å². The number of aromatic nitrogens is 6. The number of nitrogens with zero attached hydrogens (tertiary/aromatic N) is 7. The molecular weight excluding hydrogens is 490 g/mol. The Bertz CT molecular complexity index is 1430. The molecule has 0 amide bonds. The maximum atomic E-state index is 15.1. The van der Waals surface area contributed by atoms with E-state index in [0.29, 0.717) is 12.1 Å². The van der Waals surface area contributed by atoms with Crippen molar-refractivity contribution in [2.24, 2.45) is 0 Å². The molecule has 1 aromatic carbocycles. The smallest absolute Gasteiger partial charge is 0.435 e. The number of aryl methyl sites for hydroxylation is 2. The Morgan fingerprint density at radius 3 is 2.54 bits per heavy atom. The predicted molar refractivity (Wildman–Crippen MR) is 129 cm³/mol. The van der Waals surface area contributed by atoms with Crippen LogP contribution < -0.4 is 9.64 Å². The Kier molecular flexibility index (Phi) is 6.20.